The lowest BCUT2D eigenvalue weighted by Gasteiger charge is -2.42. The quantitative estimate of drug-likeness (QED) is 0.812. The molecular weight excluding hydrogens is 220 g/mol. The lowest BCUT2D eigenvalue weighted by atomic mass is 9.96. The molecule has 0 bridgehead atoms. The van der Waals surface area contributed by atoms with Crippen molar-refractivity contribution in [3.63, 3.8) is 0 Å². The third-order valence-electron chi connectivity index (χ3n) is 3.57. The van der Waals surface area contributed by atoms with E-state index in [1.54, 1.807) is 16.8 Å². The van der Waals surface area contributed by atoms with Gasteiger partial charge in [-0.2, -0.15) is 0 Å². The molecule has 1 aliphatic heterocycles. The number of carboxylic acid groups (broad SMARTS) is 1. The molecule has 0 aromatic heterocycles. The van der Waals surface area contributed by atoms with Crippen molar-refractivity contribution in [2.75, 3.05) is 20.1 Å². The van der Waals surface area contributed by atoms with Crippen LogP contribution in [0.25, 0.3) is 0 Å². The molecule has 1 aliphatic rings. The van der Waals surface area contributed by atoms with Crippen molar-refractivity contribution < 1.29 is 14.7 Å². The summed E-state index contributed by atoms with van der Waals surface area (Å²) in [6, 6.07) is 0.203. The van der Waals surface area contributed by atoms with E-state index in [-0.39, 0.29) is 24.4 Å². The maximum atomic E-state index is 12.0. The highest BCUT2D eigenvalue weighted by Gasteiger charge is 2.34. The maximum Gasteiger partial charge on any atom is 0.320 e. The molecule has 5 nitrogen and oxygen atoms in total. The van der Waals surface area contributed by atoms with Gasteiger partial charge in [-0.05, 0) is 12.8 Å². The van der Waals surface area contributed by atoms with Gasteiger partial charge >= 0.3 is 12.0 Å². The van der Waals surface area contributed by atoms with Crippen molar-refractivity contribution in [3.8, 4) is 0 Å². The highest BCUT2D eigenvalue weighted by Crippen LogP contribution is 2.21. The molecule has 1 rings (SSSR count). The first-order valence-electron chi connectivity index (χ1n) is 6.06. The molecule has 1 heterocycles. The summed E-state index contributed by atoms with van der Waals surface area (Å²) in [6.45, 7) is 7.33. The fourth-order valence-electron chi connectivity index (χ4n) is 1.95. The summed E-state index contributed by atoms with van der Waals surface area (Å²) in [7, 11) is 1.80. The zero-order valence-electron chi connectivity index (χ0n) is 11.0. The van der Waals surface area contributed by atoms with E-state index in [0.29, 0.717) is 19.0 Å². The molecule has 2 amide bonds. The van der Waals surface area contributed by atoms with Crippen LogP contribution in [0, 0.1) is 11.8 Å². The Morgan fingerprint density at radius 2 is 1.88 bits per heavy atom. The molecule has 1 unspecified atom stereocenters. The van der Waals surface area contributed by atoms with Gasteiger partial charge in [0.1, 0.15) is 0 Å². The van der Waals surface area contributed by atoms with Gasteiger partial charge in [-0.3, -0.25) is 4.79 Å². The van der Waals surface area contributed by atoms with Crippen LogP contribution in [-0.4, -0.2) is 53.1 Å². The van der Waals surface area contributed by atoms with Gasteiger partial charge in [0.15, 0.2) is 0 Å². The molecule has 0 saturated carbocycles. The van der Waals surface area contributed by atoms with Gasteiger partial charge in [0.05, 0.1) is 6.42 Å². The maximum absolute atomic E-state index is 12.0. The van der Waals surface area contributed by atoms with Crippen molar-refractivity contribution in [3.05, 3.63) is 0 Å². The van der Waals surface area contributed by atoms with E-state index in [1.165, 1.54) is 0 Å². The van der Waals surface area contributed by atoms with Crippen molar-refractivity contribution >= 4 is 12.0 Å². The molecular formula is C12H22N2O3. The molecule has 1 N–H and O–H groups in total. The number of aliphatic carboxylic acids is 1. The molecule has 0 aliphatic carbocycles. The van der Waals surface area contributed by atoms with Crippen LogP contribution < -0.4 is 0 Å². The minimum absolute atomic E-state index is 0.00726. The molecule has 1 atom stereocenters. The Bertz CT molecular complexity index is 298. The summed E-state index contributed by atoms with van der Waals surface area (Å²) < 4.78 is 0. The largest absolute Gasteiger partial charge is 0.481 e. The van der Waals surface area contributed by atoms with E-state index in [4.69, 9.17) is 5.11 Å². The number of rotatable bonds is 4. The molecule has 17 heavy (non-hydrogen) atoms. The van der Waals surface area contributed by atoms with Gasteiger partial charge in [-0.1, -0.05) is 13.8 Å². The van der Waals surface area contributed by atoms with Gasteiger partial charge in [-0.15, -0.1) is 0 Å². The standard InChI is InChI=1S/C12H22N2O3/c1-8(2)9(3)13(4)12(17)14-6-10(7-14)5-11(15)16/h8-10H,5-7H2,1-4H3,(H,15,16). The summed E-state index contributed by atoms with van der Waals surface area (Å²) >= 11 is 0. The van der Waals surface area contributed by atoms with Crippen LogP contribution in [0.2, 0.25) is 0 Å². The van der Waals surface area contributed by atoms with Gasteiger partial charge in [0.25, 0.3) is 0 Å². The zero-order valence-corrected chi connectivity index (χ0v) is 11.0. The number of hydrogen-bond donors (Lipinski definition) is 1. The fraction of sp³-hybridized carbons (Fsp3) is 0.833. The molecule has 0 aromatic rings. The van der Waals surface area contributed by atoms with E-state index in [0.717, 1.165) is 0 Å². The zero-order chi connectivity index (χ0) is 13.2. The first kappa shape index (κ1) is 13.8. The van der Waals surface area contributed by atoms with Crippen LogP contribution in [0.15, 0.2) is 0 Å². The number of likely N-dealkylation sites (tertiary alicyclic amines) is 1. The Hall–Kier alpha value is -1.26. The summed E-state index contributed by atoms with van der Waals surface area (Å²) in [5, 5.41) is 8.63. The Morgan fingerprint density at radius 3 is 2.29 bits per heavy atom. The molecule has 0 radical (unpaired) electrons. The molecule has 0 spiro atoms. The topological polar surface area (TPSA) is 60.9 Å². The third-order valence-corrected chi connectivity index (χ3v) is 3.57. The average Bonchev–Trinajstić information content (AvgIpc) is 2.19. The summed E-state index contributed by atoms with van der Waals surface area (Å²) in [5.41, 5.74) is 0. The first-order chi connectivity index (χ1) is 7.82. The molecule has 98 valence electrons. The van der Waals surface area contributed by atoms with Crippen LogP contribution in [0.3, 0.4) is 0 Å². The summed E-state index contributed by atoms with van der Waals surface area (Å²) in [5.74, 6) is -0.245. The number of carbonyl (C=O) groups is 2. The number of amides is 2. The van der Waals surface area contributed by atoms with E-state index >= 15 is 0 Å². The Labute approximate surface area is 102 Å². The van der Waals surface area contributed by atoms with Crippen molar-refractivity contribution in [2.45, 2.75) is 33.2 Å². The lowest BCUT2D eigenvalue weighted by molar-refractivity contribution is -0.139. The second-order valence-corrected chi connectivity index (χ2v) is 5.25. The Morgan fingerprint density at radius 1 is 1.35 bits per heavy atom. The molecule has 1 saturated heterocycles. The van der Waals surface area contributed by atoms with E-state index < -0.39 is 5.97 Å². The van der Waals surface area contributed by atoms with Crippen molar-refractivity contribution in [2.24, 2.45) is 11.8 Å². The van der Waals surface area contributed by atoms with Crippen LogP contribution in [0.4, 0.5) is 4.79 Å². The van der Waals surface area contributed by atoms with Crippen molar-refractivity contribution in [1.29, 1.82) is 0 Å². The second kappa shape index (κ2) is 5.38. The van der Waals surface area contributed by atoms with Crippen LogP contribution in [0.1, 0.15) is 27.2 Å². The van der Waals surface area contributed by atoms with E-state index in [1.807, 2.05) is 6.92 Å². The number of carboxylic acids is 1. The summed E-state index contributed by atoms with van der Waals surface area (Å²) in [6.07, 6.45) is 0.160. The lowest BCUT2D eigenvalue weighted by Crippen LogP contribution is -2.56. The van der Waals surface area contributed by atoms with E-state index in [9.17, 15) is 9.59 Å². The predicted molar refractivity (Wildman–Crippen MR) is 64.8 cm³/mol. The molecule has 0 aromatic carbocycles. The fourth-order valence-corrected chi connectivity index (χ4v) is 1.95. The second-order valence-electron chi connectivity index (χ2n) is 5.25. The molecule has 5 heteroatoms. The van der Waals surface area contributed by atoms with Gasteiger partial charge < -0.3 is 14.9 Å². The highest BCUT2D eigenvalue weighted by molar-refractivity contribution is 5.76. The Kier molecular flexibility index (Phi) is 4.37. The summed E-state index contributed by atoms with van der Waals surface area (Å²) in [4.78, 5) is 26.0. The van der Waals surface area contributed by atoms with Crippen molar-refractivity contribution in [1.82, 2.24) is 9.80 Å². The van der Waals surface area contributed by atoms with Crippen LogP contribution >= 0.6 is 0 Å². The third kappa shape index (κ3) is 3.35. The number of hydrogen-bond acceptors (Lipinski definition) is 2. The number of urea groups is 1. The minimum atomic E-state index is -0.786. The predicted octanol–water partition coefficient (Wildman–Crippen LogP) is 1.49. The van der Waals surface area contributed by atoms with Crippen LogP contribution in [-0.2, 0) is 4.79 Å². The first-order valence-corrected chi connectivity index (χ1v) is 6.06. The normalized spacial score (nSPS) is 17.8. The number of carbonyl (C=O) groups excluding carboxylic acids is 1. The highest BCUT2D eigenvalue weighted by atomic mass is 16.4. The van der Waals surface area contributed by atoms with E-state index in [2.05, 4.69) is 13.8 Å². The van der Waals surface area contributed by atoms with Crippen LogP contribution in [0.5, 0.6) is 0 Å². The van der Waals surface area contributed by atoms with Gasteiger partial charge in [-0.25, -0.2) is 4.79 Å². The smallest absolute Gasteiger partial charge is 0.320 e. The Balaban J connectivity index is 2.39. The SMILES string of the molecule is CC(C)C(C)N(C)C(=O)N1CC(CC(=O)O)C1. The average molecular weight is 242 g/mol. The van der Waals surface area contributed by atoms with Gasteiger partial charge in [0.2, 0.25) is 0 Å². The minimum Gasteiger partial charge on any atom is -0.481 e. The van der Waals surface area contributed by atoms with Gasteiger partial charge in [0, 0.05) is 32.1 Å². The monoisotopic (exact) mass is 242 g/mol. The number of nitrogens with zero attached hydrogens (tertiary/aromatic N) is 2. The molecule has 1 fully saturated rings.